The lowest BCUT2D eigenvalue weighted by atomic mass is 10.1. The van der Waals surface area contributed by atoms with Crippen LogP contribution in [0.3, 0.4) is 0 Å². The molecule has 1 heterocycles. The van der Waals surface area contributed by atoms with Crippen molar-refractivity contribution in [3.8, 4) is 11.5 Å². The number of rotatable bonds is 10. The summed E-state index contributed by atoms with van der Waals surface area (Å²) in [5.74, 6) is 1.16. The second-order valence-corrected chi connectivity index (χ2v) is 6.98. The van der Waals surface area contributed by atoms with E-state index in [0.717, 1.165) is 29.4 Å². The minimum Gasteiger partial charge on any atom is -0.493 e. The number of aromatic nitrogens is 2. The molecule has 0 bridgehead atoms. The Morgan fingerprint density at radius 3 is 2.52 bits per heavy atom. The van der Waals surface area contributed by atoms with Crippen LogP contribution < -0.4 is 15.2 Å². The van der Waals surface area contributed by atoms with E-state index < -0.39 is 6.10 Å². The predicted octanol–water partition coefficient (Wildman–Crippen LogP) is 3.39. The van der Waals surface area contributed by atoms with E-state index in [4.69, 9.17) is 9.47 Å². The molecule has 0 aliphatic rings. The van der Waals surface area contributed by atoms with Gasteiger partial charge in [-0.2, -0.15) is 0 Å². The van der Waals surface area contributed by atoms with Crippen LogP contribution in [0.5, 0.6) is 11.5 Å². The molecule has 1 aromatic heterocycles. The third kappa shape index (κ3) is 4.54. The lowest BCUT2D eigenvalue weighted by Crippen LogP contribution is -2.31. The highest BCUT2D eigenvalue weighted by Gasteiger charge is 2.16. The molecular weight excluding hydrogens is 368 g/mol. The number of aliphatic hydroxyl groups is 1. The van der Waals surface area contributed by atoms with E-state index in [9.17, 15) is 9.90 Å². The van der Waals surface area contributed by atoms with Crippen molar-refractivity contribution < 1.29 is 14.6 Å². The Kier molecular flexibility index (Phi) is 6.77. The second kappa shape index (κ2) is 9.47. The zero-order valence-electron chi connectivity index (χ0n) is 17.0. The summed E-state index contributed by atoms with van der Waals surface area (Å²) in [6.07, 6.45) is 2.59. The van der Waals surface area contributed by atoms with Gasteiger partial charge < -0.3 is 14.6 Å². The standard InChI is InChI=1S/C23H28N2O4/c1-4-8-17-11-12-21(22(14-17)28-3)29-16-18(26)15-25-20-10-7-6-9-19(20)24(13-5-2)23(25)27/h4,6-7,9-12,14,18,26H,1,5,8,13,15-16H2,2-3H3. The van der Waals surface area contributed by atoms with Crippen LogP contribution in [-0.2, 0) is 19.5 Å². The van der Waals surface area contributed by atoms with Gasteiger partial charge in [-0.25, -0.2) is 4.79 Å². The Hall–Kier alpha value is -2.99. The molecule has 0 radical (unpaired) electrons. The minimum absolute atomic E-state index is 0.0525. The summed E-state index contributed by atoms with van der Waals surface area (Å²) >= 11 is 0. The summed E-state index contributed by atoms with van der Waals surface area (Å²) in [6, 6.07) is 13.3. The van der Waals surface area contributed by atoms with Gasteiger partial charge in [-0.3, -0.25) is 9.13 Å². The zero-order chi connectivity index (χ0) is 20.8. The molecule has 0 amide bonds. The highest BCUT2D eigenvalue weighted by atomic mass is 16.5. The highest BCUT2D eigenvalue weighted by molar-refractivity contribution is 5.76. The first-order valence-corrected chi connectivity index (χ1v) is 9.85. The van der Waals surface area contributed by atoms with Crippen LogP contribution in [0, 0.1) is 0 Å². The first-order chi connectivity index (χ1) is 14.1. The number of nitrogens with zero attached hydrogens (tertiary/aromatic N) is 2. The first kappa shape index (κ1) is 20.7. The quantitative estimate of drug-likeness (QED) is 0.534. The number of ether oxygens (including phenoxy) is 2. The zero-order valence-corrected chi connectivity index (χ0v) is 17.0. The van der Waals surface area contributed by atoms with Gasteiger partial charge in [0.1, 0.15) is 12.7 Å². The van der Waals surface area contributed by atoms with Crippen molar-refractivity contribution in [3.63, 3.8) is 0 Å². The minimum atomic E-state index is -0.842. The van der Waals surface area contributed by atoms with Crippen molar-refractivity contribution >= 4 is 11.0 Å². The number of hydrogen-bond donors (Lipinski definition) is 1. The summed E-state index contributed by atoms with van der Waals surface area (Å²) in [5.41, 5.74) is 2.65. The third-order valence-electron chi connectivity index (χ3n) is 4.80. The van der Waals surface area contributed by atoms with Crippen molar-refractivity contribution in [3.05, 3.63) is 71.2 Å². The normalized spacial score (nSPS) is 12.1. The van der Waals surface area contributed by atoms with Crippen LogP contribution >= 0.6 is 0 Å². The number of methoxy groups -OCH3 is 1. The van der Waals surface area contributed by atoms with Crippen LogP contribution in [0.15, 0.2) is 59.9 Å². The summed E-state index contributed by atoms with van der Waals surface area (Å²) < 4.78 is 14.5. The molecule has 6 heteroatoms. The van der Waals surface area contributed by atoms with E-state index in [0.29, 0.717) is 18.0 Å². The average molecular weight is 396 g/mol. The molecule has 0 saturated carbocycles. The number of aliphatic hydroxyl groups excluding tert-OH is 1. The fourth-order valence-electron chi connectivity index (χ4n) is 3.46. The van der Waals surface area contributed by atoms with E-state index in [1.165, 1.54) is 0 Å². The lowest BCUT2D eigenvalue weighted by Gasteiger charge is -2.15. The van der Waals surface area contributed by atoms with Crippen LogP contribution in [0.4, 0.5) is 0 Å². The van der Waals surface area contributed by atoms with Gasteiger partial charge >= 0.3 is 5.69 Å². The van der Waals surface area contributed by atoms with Crippen molar-refractivity contribution in [1.82, 2.24) is 9.13 Å². The molecular formula is C23H28N2O4. The second-order valence-electron chi connectivity index (χ2n) is 6.98. The maximum atomic E-state index is 12.8. The fraction of sp³-hybridized carbons (Fsp3) is 0.348. The topological polar surface area (TPSA) is 65.6 Å². The molecule has 154 valence electrons. The SMILES string of the molecule is C=CCc1ccc(OCC(O)Cn2c(=O)n(CCC)c3ccccc32)c(OC)c1. The van der Waals surface area contributed by atoms with Crippen molar-refractivity contribution in [2.24, 2.45) is 0 Å². The van der Waals surface area contributed by atoms with Crippen molar-refractivity contribution in [2.45, 2.75) is 39.0 Å². The molecule has 3 rings (SSSR count). The fourth-order valence-corrected chi connectivity index (χ4v) is 3.46. The monoisotopic (exact) mass is 396 g/mol. The Labute approximate surface area is 170 Å². The summed E-state index contributed by atoms with van der Waals surface area (Å²) in [6.45, 7) is 6.64. The number of imidazole rings is 1. The Morgan fingerprint density at radius 2 is 1.86 bits per heavy atom. The number of fused-ring (bicyclic) bond motifs is 1. The van der Waals surface area contributed by atoms with Crippen molar-refractivity contribution in [1.29, 1.82) is 0 Å². The lowest BCUT2D eigenvalue weighted by molar-refractivity contribution is 0.0909. The third-order valence-corrected chi connectivity index (χ3v) is 4.80. The van der Waals surface area contributed by atoms with E-state index in [-0.39, 0.29) is 18.8 Å². The molecule has 1 N–H and O–H groups in total. The van der Waals surface area contributed by atoms with Crippen LogP contribution in [-0.4, -0.2) is 34.1 Å². The number of para-hydroxylation sites is 2. The van der Waals surface area contributed by atoms with Gasteiger partial charge in [0.25, 0.3) is 0 Å². The van der Waals surface area contributed by atoms with Crippen LogP contribution in [0.1, 0.15) is 18.9 Å². The molecule has 0 aliphatic carbocycles. The molecule has 2 aromatic carbocycles. The Bertz CT molecular complexity index is 1040. The van der Waals surface area contributed by atoms with Crippen molar-refractivity contribution in [2.75, 3.05) is 13.7 Å². The molecule has 29 heavy (non-hydrogen) atoms. The van der Waals surface area contributed by atoms with Gasteiger partial charge in [-0.15, -0.1) is 6.58 Å². The van der Waals surface area contributed by atoms with E-state index in [1.807, 2.05) is 55.5 Å². The van der Waals surface area contributed by atoms with E-state index >= 15 is 0 Å². The van der Waals surface area contributed by atoms with Gasteiger partial charge in [0.2, 0.25) is 0 Å². The molecule has 0 spiro atoms. The van der Waals surface area contributed by atoms with Crippen LogP contribution in [0.25, 0.3) is 11.0 Å². The molecule has 0 aliphatic heterocycles. The number of benzene rings is 2. The van der Waals surface area contributed by atoms with Gasteiger partial charge in [-0.1, -0.05) is 31.2 Å². The predicted molar refractivity (Wildman–Crippen MR) is 115 cm³/mol. The summed E-state index contributed by atoms with van der Waals surface area (Å²) in [7, 11) is 1.58. The summed E-state index contributed by atoms with van der Waals surface area (Å²) in [4.78, 5) is 12.8. The molecule has 6 nitrogen and oxygen atoms in total. The van der Waals surface area contributed by atoms with E-state index in [1.54, 1.807) is 16.2 Å². The smallest absolute Gasteiger partial charge is 0.329 e. The van der Waals surface area contributed by atoms with Gasteiger partial charge in [0.15, 0.2) is 11.5 Å². The Morgan fingerprint density at radius 1 is 1.14 bits per heavy atom. The molecule has 0 fully saturated rings. The maximum Gasteiger partial charge on any atom is 0.329 e. The summed E-state index contributed by atoms with van der Waals surface area (Å²) in [5, 5.41) is 10.5. The molecule has 3 aromatic rings. The van der Waals surface area contributed by atoms with E-state index in [2.05, 4.69) is 6.58 Å². The molecule has 0 saturated heterocycles. The van der Waals surface area contributed by atoms with Gasteiger partial charge in [0, 0.05) is 6.54 Å². The Balaban J connectivity index is 1.75. The highest BCUT2D eigenvalue weighted by Crippen LogP contribution is 2.28. The number of allylic oxidation sites excluding steroid dienone is 1. The van der Waals surface area contributed by atoms with Crippen LogP contribution in [0.2, 0.25) is 0 Å². The van der Waals surface area contributed by atoms with Gasteiger partial charge in [0.05, 0.1) is 24.7 Å². The maximum absolute atomic E-state index is 12.8. The number of aryl methyl sites for hydroxylation is 1. The first-order valence-electron chi connectivity index (χ1n) is 9.85. The average Bonchev–Trinajstić information content (AvgIpc) is 2.99. The molecule has 1 atom stereocenters. The molecule has 1 unspecified atom stereocenters. The van der Waals surface area contributed by atoms with Gasteiger partial charge in [-0.05, 0) is 42.7 Å². The number of hydrogen-bond acceptors (Lipinski definition) is 4. The largest absolute Gasteiger partial charge is 0.493 e.